The van der Waals surface area contributed by atoms with Crippen molar-refractivity contribution in [3.63, 3.8) is 0 Å². The van der Waals surface area contributed by atoms with E-state index >= 15 is 0 Å². The summed E-state index contributed by atoms with van der Waals surface area (Å²) in [6.45, 7) is 0. The summed E-state index contributed by atoms with van der Waals surface area (Å²) in [6.07, 6.45) is 8.74. The van der Waals surface area contributed by atoms with Gasteiger partial charge in [-0.2, -0.15) is 4.98 Å². The molecule has 1 aromatic heterocycles. The molecule has 2 N–H and O–H groups in total. The molecule has 0 radical (unpaired) electrons. The monoisotopic (exact) mass is 368 g/mol. The lowest BCUT2D eigenvalue weighted by atomic mass is 9.96. The van der Waals surface area contributed by atoms with Gasteiger partial charge < -0.3 is 20.1 Å². The summed E-state index contributed by atoms with van der Waals surface area (Å²) in [5.74, 6) is 3.59. The zero-order valence-corrected chi connectivity index (χ0v) is 16.1. The molecule has 6 nitrogen and oxygen atoms in total. The summed E-state index contributed by atoms with van der Waals surface area (Å²) in [5, 5.41) is 6.97. The minimum absolute atomic E-state index is 0.483. The number of hydrogen-bond acceptors (Lipinski definition) is 6. The Morgan fingerprint density at radius 3 is 2.44 bits per heavy atom. The van der Waals surface area contributed by atoms with Crippen LogP contribution in [-0.4, -0.2) is 30.2 Å². The highest BCUT2D eigenvalue weighted by molar-refractivity contribution is 5.66. The Kier molecular flexibility index (Phi) is 5.32. The van der Waals surface area contributed by atoms with Crippen LogP contribution in [0.1, 0.15) is 56.6 Å². The van der Waals surface area contributed by atoms with Crippen LogP contribution < -0.4 is 20.1 Å². The molecule has 2 saturated carbocycles. The van der Waals surface area contributed by atoms with Gasteiger partial charge in [0.05, 0.1) is 25.6 Å². The second kappa shape index (κ2) is 8.03. The molecule has 0 saturated heterocycles. The number of anilines is 3. The van der Waals surface area contributed by atoms with Crippen LogP contribution in [0.25, 0.3) is 0 Å². The van der Waals surface area contributed by atoms with Crippen LogP contribution in [-0.2, 0) is 0 Å². The second-order valence-corrected chi connectivity index (χ2v) is 7.45. The van der Waals surface area contributed by atoms with Crippen molar-refractivity contribution in [2.75, 3.05) is 24.9 Å². The number of rotatable bonds is 7. The molecular formula is C21H28N4O2. The zero-order chi connectivity index (χ0) is 18.6. The van der Waals surface area contributed by atoms with Crippen molar-refractivity contribution in [1.82, 2.24) is 9.97 Å². The standard InChI is InChI=1S/C21H28N4O2/c1-26-16-10-11-17(19(12-16)27-2)23-20-13-18(14-8-9-14)24-21(25-20)22-15-6-4-3-5-7-15/h10-15H,3-9H2,1-2H3,(H2,22,23,24,25). The third-order valence-corrected chi connectivity index (χ3v) is 5.35. The number of hydrogen-bond donors (Lipinski definition) is 2. The molecule has 0 aliphatic heterocycles. The Bertz CT molecular complexity index is 786. The Labute approximate surface area is 160 Å². The lowest BCUT2D eigenvalue weighted by molar-refractivity contribution is 0.395. The second-order valence-electron chi connectivity index (χ2n) is 7.45. The Balaban J connectivity index is 1.58. The van der Waals surface area contributed by atoms with Crippen molar-refractivity contribution >= 4 is 17.5 Å². The molecule has 2 aliphatic carbocycles. The van der Waals surface area contributed by atoms with Gasteiger partial charge in [-0.15, -0.1) is 0 Å². The number of methoxy groups -OCH3 is 2. The predicted molar refractivity (Wildman–Crippen MR) is 107 cm³/mol. The first-order valence-corrected chi connectivity index (χ1v) is 9.89. The summed E-state index contributed by atoms with van der Waals surface area (Å²) in [7, 11) is 3.31. The van der Waals surface area contributed by atoms with E-state index in [9.17, 15) is 0 Å². The maximum Gasteiger partial charge on any atom is 0.225 e. The van der Waals surface area contributed by atoms with Gasteiger partial charge in [0.1, 0.15) is 17.3 Å². The van der Waals surface area contributed by atoms with Crippen LogP contribution in [0.4, 0.5) is 17.5 Å². The molecule has 4 rings (SSSR count). The van der Waals surface area contributed by atoms with E-state index in [2.05, 4.69) is 16.7 Å². The third kappa shape index (κ3) is 4.43. The molecular weight excluding hydrogens is 340 g/mol. The summed E-state index contributed by atoms with van der Waals surface area (Å²) in [5.41, 5.74) is 1.99. The number of benzene rings is 1. The van der Waals surface area contributed by atoms with Crippen molar-refractivity contribution < 1.29 is 9.47 Å². The number of nitrogens with one attached hydrogen (secondary N) is 2. The van der Waals surface area contributed by atoms with Crippen LogP contribution >= 0.6 is 0 Å². The van der Waals surface area contributed by atoms with Crippen LogP contribution in [0, 0.1) is 0 Å². The average molecular weight is 368 g/mol. The summed E-state index contributed by atoms with van der Waals surface area (Å²) >= 11 is 0. The number of nitrogens with zero attached hydrogens (tertiary/aromatic N) is 2. The van der Waals surface area contributed by atoms with Crippen molar-refractivity contribution in [3.05, 3.63) is 30.0 Å². The van der Waals surface area contributed by atoms with Crippen LogP contribution in [0.3, 0.4) is 0 Å². The lowest BCUT2D eigenvalue weighted by Crippen LogP contribution is -2.23. The van der Waals surface area contributed by atoms with Gasteiger partial charge in [-0.25, -0.2) is 4.98 Å². The van der Waals surface area contributed by atoms with Crippen LogP contribution in [0.2, 0.25) is 0 Å². The maximum atomic E-state index is 5.50. The van der Waals surface area contributed by atoms with Gasteiger partial charge >= 0.3 is 0 Å². The maximum absolute atomic E-state index is 5.50. The van der Waals surface area contributed by atoms with E-state index in [0.717, 1.165) is 34.6 Å². The third-order valence-electron chi connectivity index (χ3n) is 5.35. The van der Waals surface area contributed by atoms with E-state index in [1.807, 2.05) is 18.2 Å². The predicted octanol–water partition coefficient (Wildman–Crippen LogP) is 4.86. The Hall–Kier alpha value is -2.50. The molecule has 0 bridgehead atoms. The van der Waals surface area contributed by atoms with Gasteiger partial charge in [-0.3, -0.25) is 0 Å². The molecule has 2 fully saturated rings. The normalized spacial score (nSPS) is 17.4. The first-order valence-electron chi connectivity index (χ1n) is 9.89. The van der Waals surface area contributed by atoms with E-state index in [-0.39, 0.29) is 0 Å². The van der Waals surface area contributed by atoms with Gasteiger partial charge in [0.15, 0.2) is 0 Å². The highest BCUT2D eigenvalue weighted by atomic mass is 16.5. The van der Waals surface area contributed by atoms with Crippen molar-refractivity contribution in [2.45, 2.75) is 56.9 Å². The topological polar surface area (TPSA) is 68.3 Å². The van der Waals surface area contributed by atoms with Crippen molar-refractivity contribution in [3.8, 4) is 11.5 Å². The zero-order valence-electron chi connectivity index (χ0n) is 16.1. The minimum Gasteiger partial charge on any atom is -0.497 e. The van der Waals surface area contributed by atoms with Gasteiger partial charge in [0.25, 0.3) is 0 Å². The van der Waals surface area contributed by atoms with E-state index in [4.69, 9.17) is 19.4 Å². The van der Waals surface area contributed by atoms with Gasteiger partial charge in [0, 0.05) is 24.1 Å². The van der Waals surface area contributed by atoms with Gasteiger partial charge in [0.2, 0.25) is 5.95 Å². The lowest BCUT2D eigenvalue weighted by Gasteiger charge is -2.23. The summed E-state index contributed by atoms with van der Waals surface area (Å²) in [4.78, 5) is 9.52. The fourth-order valence-corrected chi connectivity index (χ4v) is 3.65. The van der Waals surface area contributed by atoms with Crippen LogP contribution in [0.15, 0.2) is 24.3 Å². The first-order chi connectivity index (χ1) is 13.2. The first kappa shape index (κ1) is 17.9. The molecule has 144 valence electrons. The molecule has 2 aromatic rings. The van der Waals surface area contributed by atoms with Crippen molar-refractivity contribution in [2.24, 2.45) is 0 Å². The molecule has 2 aliphatic rings. The van der Waals surface area contributed by atoms with E-state index in [1.165, 1.54) is 44.9 Å². The van der Waals surface area contributed by atoms with Crippen LogP contribution in [0.5, 0.6) is 11.5 Å². The molecule has 0 spiro atoms. The Morgan fingerprint density at radius 2 is 1.74 bits per heavy atom. The molecule has 0 unspecified atom stereocenters. The Morgan fingerprint density at radius 1 is 0.926 bits per heavy atom. The molecule has 0 amide bonds. The smallest absolute Gasteiger partial charge is 0.225 e. The minimum atomic E-state index is 0.483. The summed E-state index contributed by atoms with van der Waals surface area (Å²) in [6, 6.07) is 8.27. The fraction of sp³-hybridized carbons (Fsp3) is 0.524. The largest absolute Gasteiger partial charge is 0.497 e. The van der Waals surface area contributed by atoms with E-state index in [0.29, 0.717) is 12.0 Å². The number of ether oxygens (including phenoxy) is 2. The van der Waals surface area contributed by atoms with E-state index in [1.54, 1.807) is 14.2 Å². The van der Waals surface area contributed by atoms with Gasteiger partial charge in [-0.1, -0.05) is 19.3 Å². The van der Waals surface area contributed by atoms with E-state index < -0.39 is 0 Å². The highest BCUT2D eigenvalue weighted by Crippen LogP contribution is 2.40. The average Bonchev–Trinajstić information content (AvgIpc) is 3.54. The van der Waals surface area contributed by atoms with Gasteiger partial charge in [-0.05, 0) is 37.8 Å². The quantitative estimate of drug-likeness (QED) is 0.727. The SMILES string of the molecule is COc1ccc(Nc2cc(C3CC3)nc(NC3CCCCC3)n2)c(OC)c1. The number of aromatic nitrogens is 2. The molecule has 6 heteroatoms. The fourth-order valence-electron chi connectivity index (χ4n) is 3.65. The van der Waals surface area contributed by atoms with Crippen molar-refractivity contribution in [1.29, 1.82) is 0 Å². The molecule has 27 heavy (non-hydrogen) atoms. The summed E-state index contributed by atoms with van der Waals surface area (Å²) < 4.78 is 10.8. The molecule has 1 aromatic carbocycles. The molecule has 0 atom stereocenters. The highest BCUT2D eigenvalue weighted by Gasteiger charge is 2.27. The molecule has 1 heterocycles.